The maximum atomic E-state index is 12.6. The Morgan fingerprint density at radius 2 is 1.75 bits per heavy atom. The summed E-state index contributed by atoms with van der Waals surface area (Å²) in [5.41, 5.74) is -0.674. The largest absolute Gasteiger partial charge is 0.265 e. The van der Waals surface area contributed by atoms with Crippen molar-refractivity contribution < 1.29 is 17.6 Å². The summed E-state index contributed by atoms with van der Waals surface area (Å²) < 4.78 is 48.6. The molecule has 0 amide bonds. The van der Waals surface area contributed by atoms with Crippen molar-refractivity contribution in [1.29, 1.82) is 0 Å². The molecule has 0 aromatic heterocycles. The summed E-state index contributed by atoms with van der Waals surface area (Å²) >= 11 is 2.59. The maximum absolute atomic E-state index is 12.6. The minimum atomic E-state index is -2.88. The van der Waals surface area contributed by atoms with Gasteiger partial charge in [-0.25, -0.2) is 17.6 Å². The van der Waals surface area contributed by atoms with Gasteiger partial charge in [-0.15, -0.1) is 0 Å². The van der Waals surface area contributed by atoms with E-state index in [1.165, 1.54) is 0 Å². The molecule has 1 aromatic carbocycles. The van der Waals surface area contributed by atoms with E-state index in [2.05, 4.69) is 15.9 Å². The lowest BCUT2D eigenvalue weighted by Crippen LogP contribution is -1.91. The zero-order chi connectivity index (χ0) is 9.30. The number of hydrogen-bond donors (Lipinski definition) is 0. The SMILES string of the molecule is Fc1cc(F)c(Br)c(C(F)F)c1. The molecule has 66 valence electrons. The van der Waals surface area contributed by atoms with Crippen LogP contribution in [-0.4, -0.2) is 0 Å². The zero-order valence-corrected chi connectivity index (χ0v) is 7.21. The van der Waals surface area contributed by atoms with Gasteiger partial charge in [0.2, 0.25) is 0 Å². The van der Waals surface area contributed by atoms with Crippen molar-refractivity contribution in [2.45, 2.75) is 6.43 Å². The molecule has 0 spiro atoms. The molecule has 1 rings (SSSR count). The molecule has 0 aliphatic carbocycles. The predicted molar refractivity (Wildman–Crippen MR) is 39.0 cm³/mol. The third-order valence-corrected chi connectivity index (χ3v) is 2.09. The van der Waals surface area contributed by atoms with Crippen LogP contribution in [0.2, 0.25) is 0 Å². The van der Waals surface area contributed by atoms with Crippen molar-refractivity contribution in [3.8, 4) is 0 Å². The van der Waals surface area contributed by atoms with Crippen LogP contribution in [0.3, 0.4) is 0 Å². The minimum absolute atomic E-state index is 0.390. The van der Waals surface area contributed by atoms with Gasteiger partial charge in [0, 0.05) is 11.6 Å². The van der Waals surface area contributed by atoms with Crippen molar-refractivity contribution in [3.05, 3.63) is 33.8 Å². The Kier molecular flexibility index (Phi) is 2.72. The van der Waals surface area contributed by atoms with Crippen LogP contribution in [0.25, 0.3) is 0 Å². The minimum Gasteiger partial charge on any atom is -0.207 e. The number of alkyl halides is 2. The van der Waals surface area contributed by atoms with Crippen LogP contribution in [0.4, 0.5) is 17.6 Å². The third kappa shape index (κ3) is 1.77. The molecule has 0 atom stereocenters. The highest BCUT2D eigenvalue weighted by Crippen LogP contribution is 2.30. The van der Waals surface area contributed by atoms with Crippen LogP contribution >= 0.6 is 15.9 Å². The first-order valence-electron chi connectivity index (χ1n) is 2.95. The molecule has 0 aliphatic heterocycles. The van der Waals surface area contributed by atoms with Crippen molar-refractivity contribution in [3.63, 3.8) is 0 Å². The second kappa shape index (κ2) is 3.43. The van der Waals surface area contributed by atoms with Crippen LogP contribution in [0.5, 0.6) is 0 Å². The van der Waals surface area contributed by atoms with E-state index >= 15 is 0 Å². The Morgan fingerprint density at radius 3 is 2.25 bits per heavy atom. The molecule has 0 saturated heterocycles. The summed E-state index contributed by atoms with van der Waals surface area (Å²) in [6.45, 7) is 0. The van der Waals surface area contributed by atoms with Gasteiger partial charge in [-0.05, 0) is 22.0 Å². The molecule has 0 aliphatic rings. The van der Waals surface area contributed by atoms with E-state index in [-0.39, 0.29) is 4.47 Å². The van der Waals surface area contributed by atoms with Crippen molar-refractivity contribution in [1.82, 2.24) is 0 Å². The van der Waals surface area contributed by atoms with Crippen LogP contribution < -0.4 is 0 Å². The van der Waals surface area contributed by atoms with Crippen LogP contribution in [0.1, 0.15) is 12.0 Å². The highest BCUT2D eigenvalue weighted by atomic mass is 79.9. The molecule has 0 heterocycles. The standard InChI is InChI=1S/C7H3BrF4/c8-6-4(7(11)12)1-3(9)2-5(6)10/h1-2,7H. The van der Waals surface area contributed by atoms with Gasteiger partial charge in [-0.1, -0.05) is 0 Å². The molecule has 5 heteroatoms. The van der Waals surface area contributed by atoms with Gasteiger partial charge in [0.15, 0.2) is 0 Å². The van der Waals surface area contributed by atoms with Crippen molar-refractivity contribution in [2.75, 3.05) is 0 Å². The second-order valence-electron chi connectivity index (χ2n) is 2.09. The zero-order valence-electron chi connectivity index (χ0n) is 5.62. The number of rotatable bonds is 1. The summed E-state index contributed by atoms with van der Waals surface area (Å²) in [6, 6.07) is 1.13. The second-order valence-corrected chi connectivity index (χ2v) is 2.88. The number of hydrogen-bond acceptors (Lipinski definition) is 0. The van der Waals surface area contributed by atoms with Gasteiger partial charge in [0.05, 0.1) is 4.47 Å². The Balaban J connectivity index is 3.28. The molecule has 0 saturated carbocycles. The van der Waals surface area contributed by atoms with Crippen LogP contribution in [-0.2, 0) is 0 Å². The molecule has 1 aromatic rings. The molecule has 0 unspecified atom stereocenters. The van der Waals surface area contributed by atoms with Crippen LogP contribution in [0.15, 0.2) is 16.6 Å². The first-order valence-corrected chi connectivity index (χ1v) is 3.74. The van der Waals surface area contributed by atoms with E-state index in [4.69, 9.17) is 0 Å². The first kappa shape index (κ1) is 9.51. The molecule has 0 radical (unpaired) electrons. The average Bonchev–Trinajstić information content (AvgIpc) is 1.96. The van der Waals surface area contributed by atoms with E-state index in [0.717, 1.165) is 0 Å². The predicted octanol–water partition coefficient (Wildman–Crippen LogP) is 3.66. The van der Waals surface area contributed by atoms with Crippen LogP contribution in [0, 0.1) is 11.6 Å². The van der Waals surface area contributed by atoms with Crippen molar-refractivity contribution in [2.24, 2.45) is 0 Å². The lowest BCUT2D eigenvalue weighted by molar-refractivity contribution is 0.149. The quantitative estimate of drug-likeness (QED) is 0.521. The molecule has 0 fully saturated rings. The number of halogens is 5. The third-order valence-electron chi connectivity index (χ3n) is 1.26. The highest BCUT2D eigenvalue weighted by Gasteiger charge is 2.16. The molecule has 12 heavy (non-hydrogen) atoms. The Bertz CT molecular complexity index is 298. The van der Waals surface area contributed by atoms with E-state index in [9.17, 15) is 17.6 Å². The topological polar surface area (TPSA) is 0 Å². The molecule has 0 N–H and O–H groups in total. The monoisotopic (exact) mass is 242 g/mol. The highest BCUT2D eigenvalue weighted by molar-refractivity contribution is 9.10. The summed E-state index contributed by atoms with van der Waals surface area (Å²) in [5, 5.41) is 0. The summed E-state index contributed by atoms with van der Waals surface area (Å²) in [5.74, 6) is -2.03. The lowest BCUT2D eigenvalue weighted by atomic mass is 10.2. The smallest absolute Gasteiger partial charge is 0.207 e. The lowest BCUT2D eigenvalue weighted by Gasteiger charge is -2.03. The van der Waals surface area contributed by atoms with Gasteiger partial charge in [-0.2, -0.15) is 0 Å². The maximum Gasteiger partial charge on any atom is 0.265 e. The molecule has 0 nitrogen and oxygen atoms in total. The summed E-state index contributed by atoms with van der Waals surface area (Å²) in [7, 11) is 0. The number of benzene rings is 1. The van der Waals surface area contributed by atoms with Gasteiger partial charge in [0.25, 0.3) is 6.43 Å². The fraction of sp³-hybridized carbons (Fsp3) is 0.143. The summed E-state index contributed by atoms with van der Waals surface area (Å²) in [6.07, 6.45) is -2.88. The normalized spacial score (nSPS) is 10.8. The Labute approximate surface area is 74.3 Å². The van der Waals surface area contributed by atoms with E-state index in [1.807, 2.05) is 0 Å². The Morgan fingerprint density at radius 1 is 1.17 bits per heavy atom. The Hall–Kier alpha value is -0.580. The molecular weight excluding hydrogens is 240 g/mol. The molecule has 0 bridgehead atoms. The fourth-order valence-electron chi connectivity index (χ4n) is 0.735. The van der Waals surface area contributed by atoms with E-state index in [0.29, 0.717) is 12.1 Å². The fourth-order valence-corrected chi connectivity index (χ4v) is 1.14. The van der Waals surface area contributed by atoms with Gasteiger partial charge >= 0.3 is 0 Å². The van der Waals surface area contributed by atoms with E-state index in [1.54, 1.807) is 0 Å². The van der Waals surface area contributed by atoms with E-state index < -0.39 is 23.6 Å². The summed E-state index contributed by atoms with van der Waals surface area (Å²) in [4.78, 5) is 0. The van der Waals surface area contributed by atoms with Gasteiger partial charge in [0.1, 0.15) is 11.6 Å². The van der Waals surface area contributed by atoms with Crippen molar-refractivity contribution >= 4 is 15.9 Å². The molecular formula is C7H3BrF4. The average molecular weight is 243 g/mol. The van der Waals surface area contributed by atoms with Gasteiger partial charge < -0.3 is 0 Å². The first-order chi connectivity index (χ1) is 5.52. The van der Waals surface area contributed by atoms with Gasteiger partial charge in [-0.3, -0.25) is 0 Å².